The molecule has 0 aliphatic carbocycles. The van der Waals surface area contributed by atoms with Crippen molar-refractivity contribution in [1.29, 1.82) is 0 Å². The molecule has 0 saturated heterocycles. The molecule has 0 fully saturated rings. The minimum absolute atomic E-state index is 0.0858. The maximum Gasteiger partial charge on any atom is 0.255 e. The Morgan fingerprint density at radius 3 is 2.36 bits per heavy atom. The Bertz CT molecular complexity index is 920. The lowest BCUT2D eigenvalue weighted by Crippen LogP contribution is -2.12. The van der Waals surface area contributed by atoms with E-state index in [4.69, 9.17) is 0 Å². The van der Waals surface area contributed by atoms with Gasteiger partial charge in [-0.05, 0) is 51.1 Å². The molecule has 4 nitrogen and oxygen atoms in total. The van der Waals surface area contributed by atoms with E-state index in [9.17, 15) is 4.79 Å². The molecular weight excluding hydrogens is 310 g/mol. The van der Waals surface area contributed by atoms with Crippen molar-refractivity contribution in [3.05, 3.63) is 59.3 Å². The normalized spacial score (nSPS) is 10.9. The number of fused-ring (bicyclic) bond motifs is 1. The first-order chi connectivity index (χ1) is 11.9. The first-order valence-corrected chi connectivity index (χ1v) is 8.60. The summed E-state index contributed by atoms with van der Waals surface area (Å²) in [7, 11) is 4.08. The third kappa shape index (κ3) is 3.12. The number of anilines is 2. The summed E-state index contributed by atoms with van der Waals surface area (Å²) < 4.78 is 2.28. The lowest BCUT2D eigenvalue weighted by molar-refractivity contribution is 0.102. The Morgan fingerprint density at radius 1 is 1.08 bits per heavy atom. The summed E-state index contributed by atoms with van der Waals surface area (Å²) in [6, 6.07) is 13.8. The number of nitrogens with zero attached hydrogens (tertiary/aromatic N) is 2. The van der Waals surface area contributed by atoms with Gasteiger partial charge < -0.3 is 14.8 Å². The molecule has 0 saturated carbocycles. The van der Waals surface area contributed by atoms with Crippen LogP contribution in [-0.2, 0) is 6.54 Å². The Kier molecular flexibility index (Phi) is 4.53. The zero-order valence-corrected chi connectivity index (χ0v) is 15.6. The van der Waals surface area contributed by atoms with Crippen LogP contribution in [0.4, 0.5) is 11.4 Å². The zero-order chi connectivity index (χ0) is 18.1. The molecule has 0 atom stereocenters. The van der Waals surface area contributed by atoms with E-state index in [1.54, 1.807) is 0 Å². The predicted molar refractivity (Wildman–Crippen MR) is 106 cm³/mol. The Balaban J connectivity index is 2.01. The number of hydrogen-bond donors (Lipinski definition) is 1. The van der Waals surface area contributed by atoms with Crippen molar-refractivity contribution in [3.8, 4) is 0 Å². The summed E-state index contributed by atoms with van der Waals surface area (Å²) in [5, 5.41) is 4.09. The SMILES string of the molecule is CCn1c(C)c(N(C)C)c2cc(C(=O)Nc3ccc(C)cc3)ccc21. The molecule has 1 amide bonds. The molecule has 4 heteroatoms. The second-order valence-electron chi connectivity index (χ2n) is 6.62. The van der Waals surface area contributed by atoms with Gasteiger partial charge in [-0.25, -0.2) is 0 Å². The predicted octanol–water partition coefficient (Wildman–Crippen LogP) is 4.60. The van der Waals surface area contributed by atoms with Crippen LogP contribution in [-0.4, -0.2) is 24.6 Å². The zero-order valence-electron chi connectivity index (χ0n) is 15.6. The fourth-order valence-corrected chi connectivity index (χ4v) is 3.42. The summed E-state index contributed by atoms with van der Waals surface area (Å²) >= 11 is 0. The highest BCUT2D eigenvalue weighted by Crippen LogP contribution is 2.33. The molecule has 3 aromatic rings. The van der Waals surface area contributed by atoms with Gasteiger partial charge in [0.05, 0.1) is 11.2 Å². The minimum Gasteiger partial charge on any atom is -0.376 e. The highest BCUT2D eigenvalue weighted by atomic mass is 16.1. The smallest absolute Gasteiger partial charge is 0.255 e. The maximum atomic E-state index is 12.7. The number of aromatic nitrogens is 1. The Hall–Kier alpha value is -2.75. The molecule has 1 heterocycles. The van der Waals surface area contributed by atoms with Gasteiger partial charge in [-0.3, -0.25) is 4.79 Å². The summed E-state index contributed by atoms with van der Waals surface area (Å²) in [5.74, 6) is -0.0858. The lowest BCUT2D eigenvalue weighted by Gasteiger charge is -2.13. The highest BCUT2D eigenvalue weighted by Gasteiger charge is 2.17. The van der Waals surface area contributed by atoms with E-state index in [2.05, 4.69) is 28.6 Å². The molecule has 0 unspecified atom stereocenters. The molecule has 2 aromatic carbocycles. The van der Waals surface area contributed by atoms with Gasteiger partial charge in [-0.1, -0.05) is 17.7 Å². The van der Waals surface area contributed by atoms with Crippen molar-refractivity contribution < 1.29 is 4.79 Å². The van der Waals surface area contributed by atoms with E-state index in [1.165, 1.54) is 16.9 Å². The lowest BCUT2D eigenvalue weighted by atomic mass is 10.1. The van der Waals surface area contributed by atoms with E-state index < -0.39 is 0 Å². The standard InChI is InChI=1S/C21H25N3O/c1-6-24-15(3)20(23(4)5)18-13-16(9-12-19(18)24)21(25)22-17-10-7-14(2)8-11-17/h7-13H,6H2,1-5H3,(H,22,25). The van der Waals surface area contributed by atoms with Gasteiger partial charge in [0.2, 0.25) is 0 Å². The van der Waals surface area contributed by atoms with Gasteiger partial charge in [-0.2, -0.15) is 0 Å². The van der Waals surface area contributed by atoms with E-state index in [0.717, 1.165) is 23.1 Å². The molecule has 0 spiro atoms. The van der Waals surface area contributed by atoms with Crippen LogP contribution < -0.4 is 10.2 Å². The molecule has 1 N–H and O–H groups in total. The van der Waals surface area contributed by atoms with Crippen LogP contribution in [0.15, 0.2) is 42.5 Å². The molecule has 25 heavy (non-hydrogen) atoms. The van der Waals surface area contributed by atoms with Gasteiger partial charge in [0.1, 0.15) is 0 Å². The van der Waals surface area contributed by atoms with Crippen molar-refractivity contribution in [3.63, 3.8) is 0 Å². The van der Waals surface area contributed by atoms with E-state index in [1.807, 2.05) is 63.5 Å². The fraction of sp³-hybridized carbons (Fsp3) is 0.286. The van der Waals surface area contributed by atoms with Crippen LogP contribution in [0, 0.1) is 13.8 Å². The van der Waals surface area contributed by atoms with Crippen molar-refractivity contribution in [2.45, 2.75) is 27.3 Å². The number of nitrogens with one attached hydrogen (secondary N) is 1. The van der Waals surface area contributed by atoms with E-state index >= 15 is 0 Å². The molecular formula is C21H25N3O. The topological polar surface area (TPSA) is 37.3 Å². The fourth-order valence-electron chi connectivity index (χ4n) is 3.42. The van der Waals surface area contributed by atoms with Crippen molar-refractivity contribution in [2.75, 3.05) is 24.3 Å². The van der Waals surface area contributed by atoms with Gasteiger partial charge in [0.25, 0.3) is 5.91 Å². The average Bonchev–Trinajstić information content (AvgIpc) is 2.87. The molecule has 0 bridgehead atoms. The van der Waals surface area contributed by atoms with Crippen LogP contribution >= 0.6 is 0 Å². The summed E-state index contributed by atoms with van der Waals surface area (Å²) in [6.07, 6.45) is 0. The summed E-state index contributed by atoms with van der Waals surface area (Å²) in [4.78, 5) is 14.8. The Labute approximate surface area is 149 Å². The van der Waals surface area contributed by atoms with Crippen LogP contribution in [0.25, 0.3) is 10.9 Å². The van der Waals surface area contributed by atoms with E-state index in [-0.39, 0.29) is 5.91 Å². The monoisotopic (exact) mass is 335 g/mol. The first kappa shape index (κ1) is 17.1. The van der Waals surface area contributed by atoms with Crippen molar-refractivity contribution in [1.82, 2.24) is 4.57 Å². The molecule has 0 radical (unpaired) electrons. The van der Waals surface area contributed by atoms with Gasteiger partial charge in [0, 0.05) is 43.0 Å². The van der Waals surface area contributed by atoms with Crippen LogP contribution in [0.1, 0.15) is 28.5 Å². The molecule has 3 rings (SSSR count). The number of amides is 1. The average molecular weight is 335 g/mol. The van der Waals surface area contributed by atoms with Crippen molar-refractivity contribution in [2.24, 2.45) is 0 Å². The van der Waals surface area contributed by atoms with E-state index in [0.29, 0.717) is 5.56 Å². The number of aryl methyl sites for hydroxylation is 2. The second-order valence-corrected chi connectivity index (χ2v) is 6.62. The van der Waals surface area contributed by atoms with Crippen LogP contribution in [0.5, 0.6) is 0 Å². The molecule has 0 aliphatic heterocycles. The molecule has 130 valence electrons. The number of benzene rings is 2. The highest BCUT2D eigenvalue weighted by molar-refractivity contribution is 6.08. The number of hydrogen-bond acceptors (Lipinski definition) is 2. The third-order valence-electron chi connectivity index (χ3n) is 4.63. The number of rotatable bonds is 4. The van der Waals surface area contributed by atoms with Gasteiger partial charge in [0.15, 0.2) is 0 Å². The first-order valence-electron chi connectivity index (χ1n) is 8.60. The Morgan fingerprint density at radius 2 is 1.76 bits per heavy atom. The largest absolute Gasteiger partial charge is 0.376 e. The number of carbonyl (C=O) groups is 1. The minimum atomic E-state index is -0.0858. The maximum absolute atomic E-state index is 12.7. The summed E-state index contributed by atoms with van der Waals surface area (Å²) in [5.41, 5.74) is 6.21. The van der Waals surface area contributed by atoms with Crippen molar-refractivity contribution >= 4 is 28.2 Å². The number of carbonyl (C=O) groups excluding carboxylic acids is 1. The summed E-state index contributed by atoms with van der Waals surface area (Å²) in [6.45, 7) is 7.21. The van der Waals surface area contributed by atoms with Crippen LogP contribution in [0.2, 0.25) is 0 Å². The third-order valence-corrected chi connectivity index (χ3v) is 4.63. The quantitative estimate of drug-likeness (QED) is 0.757. The molecule has 0 aliphatic rings. The van der Waals surface area contributed by atoms with Gasteiger partial charge in [-0.15, -0.1) is 0 Å². The molecule has 1 aromatic heterocycles. The second kappa shape index (κ2) is 6.63. The van der Waals surface area contributed by atoms with Gasteiger partial charge >= 0.3 is 0 Å². The van der Waals surface area contributed by atoms with Crippen LogP contribution in [0.3, 0.4) is 0 Å².